The van der Waals surface area contributed by atoms with E-state index in [1.807, 2.05) is 13.8 Å². The standard InChI is InChI=1S/C13H17N3O6/c1-3-20-12(21-4-2)7-15-11(17)8-22-9-5-6-10(16(18)19)14-13(9)15/h5-6,12H,3-4,7-8H2,1-2H3. The Morgan fingerprint density at radius 3 is 2.68 bits per heavy atom. The zero-order valence-electron chi connectivity index (χ0n) is 12.4. The molecule has 0 bridgehead atoms. The summed E-state index contributed by atoms with van der Waals surface area (Å²) in [6, 6.07) is 2.66. The van der Waals surface area contributed by atoms with E-state index in [4.69, 9.17) is 14.2 Å². The highest BCUT2D eigenvalue weighted by atomic mass is 16.7. The summed E-state index contributed by atoms with van der Waals surface area (Å²) in [6.07, 6.45) is -0.633. The smallest absolute Gasteiger partial charge is 0.366 e. The first kappa shape index (κ1) is 16.1. The fraction of sp³-hybridized carbons (Fsp3) is 0.538. The molecule has 120 valence electrons. The molecule has 1 aromatic heterocycles. The van der Waals surface area contributed by atoms with Crippen molar-refractivity contribution in [1.82, 2.24) is 4.98 Å². The Hall–Kier alpha value is -2.26. The van der Waals surface area contributed by atoms with Crippen LogP contribution in [0.3, 0.4) is 0 Å². The van der Waals surface area contributed by atoms with Crippen molar-refractivity contribution in [2.24, 2.45) is 0 Å². The van der Waals surface area contributed by atoms with E-state index in [-0.39, 0.29) is 30.7 Å². The molecular weight excluding hydrogens is 294 g/mol. The van der Waals surface area contributed by atoms with Crippen LogP contribution < -0.4 is 9.64 Å². The summed E-state index contributed by atoms with van der Waals surface area (Å²) in [4.78, 5) is 27.5. The largest absolute Gasteiger partial charge is 0.477 e. The van der Waals surface area contributed by atoms with Gasteiger partial charge >= 0.3 is 5.82 Å². The first-order valence-electron chi connectivity index (χ1n) is 6.88. The number of anilines is 1. The maximum atomic E-state index is 12.1. The number of amides is 1. The van der Waals surface area contributed by atoms with Crippen LogP contribution in [0.2, 0.25) is 0 Å². The van der Waals surface area contributed by atoms with Crippen LogP contribution in [-0.2, 0) is 14.3 Å². The molecule has 0 radical (unpaired) electrons. The van der Waals surface area contributed by atoms with Gasteiger partial charge in [-0.3, -0.25) is 9.69 Å². The Labute approximate surface area is 126 Å². The number of nitrogens with zero attached hydrogens (tertiary/aromatic N) is 3. The lowest BCUT2D eigenvalue weighted by molar-refractivity contribution is -0.389. The average molecular weight is 311 g/mol. The van der Waals surface area contributed by atoms with Gasteiger partial charge in [0.2, 0.25) is 0 Å². The first-order valence-corrected chi connectivity index (χ1v) is 6.88. The third-order valence-electron chi connectivity index (χ3n) is 2.96. The van der Waals surface area contributed by atoms with Gasteiger partial charge in [-0.2, -0.15) is 0 Å². The van der Waals surface area contributed by atoms with Crippen molar-refractivity contribution in [2.75, 3.05) is 31.3 Å². The van der Waals surface area contributed by atoms with Gasteiger partial charge in [0.15, 0.2) is 18.6 Å². The van der Waals surface area contributed by atoms with Gasteiger partial charge in [0.1, 0.15) is 0 Å². The van der Waals surface area contributed by atoms with E-state index >= 15 is 0 Å². The molecule has 0 saturated carbocycles. The molecule has 0 saturated heterocycles. The highest BCUT2D eigenvalue weighted by Crippen LogP contribution is 2.32. The van der Waals surface area contributed by atoms with E-state index in [9.17, 15) is 14.9 Å². The van der Waals surface area contributed by atoms with Crippen LogP contribution in [0.25, 0.3) is 0 Å². The van der Waals surface area contributed by atoms with Gasteiger partial charge in [0, 0.05) is 19.3 Å². The predicted octanol–water partition coefficient (Wildman–Crippen LogP) is 1.11. The molecule has 0 fully saturated rings. The third-order valence-corrected chi connectivity index (χ3v) is 2.96. The molecule has 22 heavy (non-hydrogen) atoms. The molecule has 2 heterocycles. The van der Waals surface area contributed by atoms with Crippen molar-refractivity contribution in [3.8, 4) is 5.75 Å². The summed E-state index contributed by atoms with van der Waals surface area (Å²) >= 11 is 0. The number of pyridine rings is 1. The van der Waals surface area contributed by atoms with E-state index in [2.05, 4.69) is 4.98 Å². The summed E-state index contributed by atoms with van der Waals surface area (Å²) in [5.74, 6) is -0.289. The minimum atomic E-state index is -0.633. The van der Waals surface area contributed by atoms with E-state index in [1.54, 1.807) is 0 Å². The maximum Gasteiger partial charge on any atom is 0.366 e. The van der Waals surface area contributed by atoms with Gasteiger partial charge in [0.05, 0.1) is 6.54 Å². The molecule has 9 nitrogen and oxygen atoms in total. The second-order valence-electron chi connectivity index (χ2n) is 4.38. The summed E-state index contributed by atoms with van der Waals surface area (Å²) in [5.41, 5.74) is 0. The molecule has 0 unspecified atom stereocenters. The minimum absolute atomic E-state index is 0.0883. The number of carbonyl (C=O) groups is 1. The normalized spacial score (nSPS) is 14.0. The fourth-order valence-corrected chi connectivity index (χ4v) is 2.03. The van der Waals surface area contributed by atoms with Gasteiger partial charge in [-0.1, -0.05) is 0 Å². The number of rotatable bonds is 7. The second kappa shape index (κ2) is 7.14. The SMILES string of the molecule is CCOC(CN1C(=O)COc2ccc([N+](=O)[O-])nc21)OCC. The number of ether oxygens (including phenoxy) is 3. The number of hydrogen-bond donors (Lipinski definition) is 0. The topological polar surface area (TPSA) is 104 Å². The number of nitro groups is 1. The lowest BCUT2D eigenvalue weighted by atomic mass is 10.3. The van der Waals surface area contributed by atoms with E-state index < -0.39 is 11.2 Å². The van der Waals surface area contributed by atoms with Crippen LogP contribution in [0.1, 0.15) is 13.8 Å². The molecule has 0 aliphatic carbocycles. The molecular formula is C13H17N3O6. The van der Waals surface area contributed by atoms with Crippen molar-refractivity contribution < 1.29 is 23.9 Å². The first-order chi connectivity index (χ1) is 10.6. The van der Waals surface area contributed by atoms with Gasteiger partial charge in [-0.15, -0.1) is 0 Å². The van der Waals surface area contributed by atoms with Crippen LogP contribution in [0.5, 0.6) is 5.75 Å². The Morgan fingerprint density at radius 1 is 1.41 bits per heavy atom. The van der Waals surface area contributed by atoms with Crippen molar-refractivity contribution in [3.05, 3.63) is 22.2 Å². The maximum absolute atomic E-state index is 12.1. The highest BCUT2D eigenvalue weighted by molar-refractivity contribution is 5.96. The van der Waals surface area contributed by atoms with Crippen LogP contribution >= 0.6 is 0 Å². The number of aromatic nitrogens is 1. The molecule has 0 atom stereocenters. The number of fused-ring (bicyclic) bond motifs is 1. The van der Waals surface area contributed by atoms with Crippen LogP contribution in [0, 0.1) is 10.1 Å². The molecule has 0 aromatic carbocycles. The summed E-state index contributed by atoms with van der Waals surface area (Å²) < 4.78 is 16.1. The van der Waals surface area contributed by atoms with Crippen LogP contribution in [0.15, 0.2) is 12.1 Å². The van der Waals surface area contributed by atoms with Crippen molar-refractivity contribution in [1.29, 1.82) is 0 Å². The van der Waals surface area contributed by atoms with Gasteiger partial charge in [-0.05, 0) is 29.8 Å². The summed E-state index contributed by atoms with van der Waals surface area (Å²) in [7, 11) is 0. The van der Waals surface area contributed by atoms with E-state index in [1.165, 1.54) is 17.0 Å². The molecule has 0 N–H and O–H groups in total. The van der Waals surface area contributed by atoms with E-state index in [0.717, 1.165) is 0 Å². The van der Waals surface area contributed by atoms with Gasteiger partial charge < -0.3 is 24.3 Å². The van der Waals surface area contributed by atoms with Gasteiger partial charge in [0.25, 0.3) is 11.7 Å². The van der Waals surface area contributed by atoms with E-state index in [0.29, 0.717) is 19.0 Å². The molecule has 1 aliphatic rings. The lowest BCUT2D eigenvalue weighted by Crippen LogP contribution is -2.45. The fourth-order valence-electron chi connectivity index (χ4n) is 2.03. The molecule has 0 spiro atoms. The van der Waals surface area contributed by atoms with Crippen molar-refractivity contribution in [2.45, 2.75) is 20.1 Å². The number of carbonyl (C=O) groups excluding carboxylic acids is 1. The van der Waals surface area contributed by atoms with Crippen molar-refractivity contribution >= 4 is 17.5 Å². The Kier molecular flexibility index (Phi) is 5.23. The Bertz CT molecular complexity index is 559. The van der Waals surface area contributed by atoms with Crippen molar-refractivity contribution in [3.63, 3.8) is 0 Å². The zero-order valence-corrected chi connectivity index (χ0v) is 12.4. The zero-order chi connectivity index (χ0) is 16.1. The molecule has 9 heteroatoms. The van der Waals surface area contributed by atoms with Gasteiger partial charge in [-0.25, -0.2) is 0 Å². The third kappa shape index (κ3) is 3.49. The highest BCUT2D eigenvalue weighted by Gasteiger charge is 2.34. The summed E-state index contributed by atoms with van der Waals surface area (Å²) in [5, 5.41) is 10.9. The summed E-state index contributed by atoms with van der Waals surface area (Å²) in [6.45, 7) is 4.38. The number of hydrogen-bond acceptors (Lipinski definition) is 7. The molecule has 1 aliphatic heterocycles. The van der Waals surface area contributed by atoms with Crippen LogP contribution in [0.4, 0.5) is 11.6 Å². The Balaban J connectivity index is 2.29. The molecule has 1 amide bonds. The Morgan fingerprint density at radius 2 is 2.09 bits per heavy atom. The minimum Gasteiger partial charge on any atom is -0.477 e. The quantitative estimate of drug-likeness (QED) is 0.422. The monoisotopic (exact) mass is 311 g/mol. The second-order valence-corrected chi connectivity index (χ2v) is 4.38. The lowest BCUT2D eigenvalue weighted by Gasteiger charge is -2.28. The van der Waals surface area contributed by atoms with Crippen LogP contribution in [-0.4, -0.2) is 48.5 Å². The molecule has 2 rings (SSSR count). The molecule has 1 aromatic rings. The predicted molar refractivity (Wildman–Crippen MR) is 75.8 cm³/mol. The average Bonchev–Trinajstić information content (AvgIpc) is 2.50.